The molecule has 2 N–H and O–H groups in total. The van der Waals surface area contributed by atoms with Crippen LogP contribution in [-0.4, -0.2) is 16.5 Å². The number of aromatic nitrogens is 2. The molecule has 0 aliphatic rings. The summed E-state index contributed by atoms with van der Waals surface area (Å²) in [5, 5.41) is 10.3. The minimum atomic E-state index is -0.359. The Morgan fingerprint density at radius 2 is 1.95 bits per heavy atom. The van der Waals surface area contributed by atoms with Crippen molar-refractivity contribution in [2.45, 2.75) is 26.3 Å². The first kappa shape index (κ1) is 15.4. The average molecular weight is 331 g/mol. The average Bonchev–Trinajstić information content (AvgIpc) is 2.89. The van der Waals surface area contributed by atoms with Gasteiger partial charge in [0.05, 0.1) is 15.6 Å². The van der Waals surface area contributed by atoms with Crippen molar-refractivity contribution in [3.05, 3.63) is 32.7 Å². The summed E-state index contributed by atoms with van der Waals surface area (Å²) in [5.41, 5.74) is -0.359. The highest BCUT2D eigenvalue weighted by Gasteiger charge is 2.25. The number of nitrogens with zero attached hydrogens (tertiary/aromatic N) is 2. The largest absolute Gasteiger partial charge is 0.369 e. The zero-order valence-electron chi connectivity index (χ0n) is 11.5. The van der Waals surface area contributed by atoms with Gasteiger partial charge in [-0.05, 0) is 26.8 Å². The lowest BCUT2D eigenvalue weighted by atomic mass is 10.1. The van der Waals surface area contributed by atoms with Gasteiger partial charge in [-0.2, -0.15) is 0 Å². The SMILES string of the molecule is CCNc1nc(NC(C)(C)c2nccs2)c(Cl)cc1Cl. The van der Waals surface area contributed by atoms with Crippen LogP contribution in [0, 0.1) is 0 Å². The molecule has 4 nitrogen and oxygen atoms in total. The van der Waals surface area contributed by atoms with Crippen LogP contribution in [0.1, 0.15) is 25.8 Å². The quantitative estimate of drug-likeness (QED) is 0.839. The minimum Gasteiger partial charge on any atom is -0.369 e. The number of rotatable bonds is 5. The lowest BCUT2D eigenvalue weighted by molar-refractivity contribution is 0.601. The highest BCUT2D eigenvalue weighted by atomic mass is 35.5. The van der Waals surface area contributed by atoms with Crippen molar-refractivity contribution >= 4 is 46.2 Å². The molecule has 7 heteroatoms. The van der Waals surface area contributed by atoms with Crippen molar-refractivity contribution in [3.8, 4) is 0 Å². The van der Waals surface area contributed by atoms with E-state index in [1.807, 2.05) is 26.2 Å². The minimum absolute atomic E-state index is 0.359. The Morgan fingerprint density at radius 1 is 1.25 bits per heavy atom. The molecule has 0 aliphatic heterocycles. The van der Waals surface area contributed by atoms with E-state index in [0.717, 1.165) is 11.6 Å². The van der Waals surface area contributed by atoms with Crippen molar-refractivity contribution < 1.29 is 0 Å². The Bertz CT molecular complexity index is 584. The van der Waals surface area contributed by atoms with Crippen molar-refractivity contribution in [3.63, 3.8) is 0 Å². The van der Waals surface area contributed by atoms with Gasteiger partial charge in [-0.3, -0.25) is 0 Å². The zero-order chi connectivity index (χ0) is 14.8. The molecule has 0 spiro atoms. The third-order valence-electron chi connectivity index (χ3n) is 2.67. The van der Waals surface area contributed by atoms with Gasteiger partial charge in [-0.15, -0.1) is 11.3 Å². The van der Waals surface area contributed by atoms with Crippen LogP contribution in [0.2, 0.25) is 10.0 Å². The summed E-state index contributed by atoms with van der Waals surface area (Å²) in [4.78, 5) is 8.78. The van der Waals surface area contributed by atoms with Crippen LogP contribution in [0.3, 0.4) is 0 Å². The van der Waals surface area contributed by atoms with E-state index in [1.54, 1.807) is 23.6 Å². The van der Waals surface area contributed by atoms with Crippen LogP contribution < -0.4 is 10.6 Å². The number of hydrogen-bond acceptors (Lipinski definition) is 5. The van der Waals surface area contributed by atoms with Crippen LogP contribution in [0.15, 0.2) is 17.6 Å². The number of thiazole rings is 1. The molecular weight excluding hydrogens is 315 g/mol. The highest BCUT2D eigenvalue weighted by molar-refractivity contribution is 7.09. The standard InChI is InChI=1S/C13H16Cl2N4S/c1-4-16-10-8(14)7-9(15)11(18-10)19-13(2,3)12-17-5-6-20-12/h5-7H,4H2,1-3H3,(H2,16,18,19). The maximum absolute atomic E-state index is 6.21. The molecule has 2 heterocycles. The first-order chi connectivity index (χ1) is 9.44. The third kappa shape index (κ3) is 3.34. The van der Waals surface area contributed by atoms with Gasteiger partial charge in [-0.1, -0.05) is 23.2 Å². The second kappa shape index (κ2) is 6.16. The summed E-state index contributed by atoms with van der Waals surface area (Å²) < 4.78 is 0. The second-order valence-electron chi connectivity index (χ2n) is 4.77. The van der Waals surface area contributed by atoms with Gasteiger partial charge in [0.15, 0.2) is 0 Å². The van der Waals surface area contributed by atoms with Gasteiger partial charge in [-0.25, -0.2) is 9.97 Å². The molecule has 0 radical (unpaired) electrons. The Labute approximate surface area is 132 Å². The summed E-state index contributed by atoms with van der Waals surface area (Å²) in [7, 11) is 0. The van der Waals surface area contributed by atoms with Crippen LogP contribution in [0.25, 0.3) is 0 Å². The summed E-state index contributed by atoms with van der Waals surface area (Å²) in [6.07, 6.45) is 1.78. The van der Waals surface area contributed by atoms with E-state index in [9.17, 15) is 0 Å². The summed E-state index contributed by atoms with van der Waals surface area (Å²) in [5.74, 6) is 1.21. The Kier molecular flexibility index (Phi) is 4.73. The number of hydrogen-bond donors (Lipinski definition) is 2. The molecular formula is C13H16Cl2N4S. The van der Waals surface area contributed by atoms with Crippen molar-refractivity contribution in [1.82, 2.24) is 9.97 Å². The van der Waals surface area contributed by atoms with E-state index in [2.05, 4.69) is 20.6 Å². The van der Waals surface area contributed by atoms with Crippen LogP contribution in [0.5, 0.6) is 0 Å². The molecule has 0 atom stereocenters. The number of anilines is 2. The maximum atomic E-state index is 6.21. The lowest BCUT2D eigenvalue weighted by Crippen LogP contribution is -2.28. The summed E-state index contributed by atoms with van der Waals surface area (Å²) in [6, 6.07) is 1.69. The molecule has 0 aromatic carbocycles. The van der Waals surface area contributed by atoms with E-state index >= 15 is 0 Å². The van der Waals surface area contributed by atoms with Crippen molar-refractivity contribution in [2.24, 2.45) is 0 Å². The maximum Gasteiger partial charge on any atom is 0.148 e. The van der Waals surface area contributed by atoms with Gasteiger partial charge in [0, 0.05) is 18.1 Å². The molecule has 0 saturated carbocycles. The molecule has 2 rings (SSSR count). The van der Waals surface area contributed by atoms with Crippen molar-refractivity contribution in [2.75, 3.05) is 17.2 Å². The Hall–Kier alpha value is -1.04. The topological polar surface area (TPSA) is 49.8 Å². The first-order valence-corrected chi connectivity index (χ1v) is 7.85. The predicted molar refractivity (Wildman–Crippen MR) is 87.2 cm³/mol. The number of nitrogens with one attached hydrogen (secondary N) is 2. The van der Waals surface area contributed by atoms with Crippen molar-refractivity contribution in [1.29, 1.82) is 0 Å². The first-order valence-electron chi connectivity index (χ1n) is 6.22. The number of pyridine rings is 1. The van der Waals surface area contributed by atoms with E-state index in [0.29, 0.717) is 21.7 Å². The molecule has 0 amide bonds. The fourth-order valence-electron chi connectivity index (χ4n) is 1.73. The molecule has 20 heavy (non-hydrogen) atoms. The Morgan fingerprint density at radius 3 is 2.55 bits per heavy atom. The predicted octanol–water partition coefficient (Wildman–Crippen LogP) is 4.62. The van der Waals surface area contributed by atoms with Gasteiger partial charge < -0.3 is 10.6 Å². The van der Waals surface area contributed by atoms with E-state index in [-0.39, 0.29) is 5.54 Å². The highest BCUT2D eigenvalue weighted by Crippen LogP contribution is 2.33. The third-order valence-corrected chi connectivity index (χ3v) is 4.34. The molecule has 2 aromatic heterocycles. The normalized spacial score (nSPS) is 11.4. The Balaban J connectivity index is 2.31. The second-order valence-corrected chi connectivity index (χ2v) is 6.48. The zero-order valence-corrected chi connectivity index (χ0v) is 13.8. The van der Waals surface area contributed by atoms with Crippen LogP contribution in [0.4, 0.5) is 11.6 Å². The number of halogens is 2. The van der Waals surface area contributed by atoms with E-state index in [4.69, 9.17) is 23.2 Å². The van der Waals surface area contributed by atoms with Crippen LogP contribution >= 0.6 is 34.5 Å². The summed E-state index contributed by atoms with van der Waals surface area (Å²) in [6.45, 7) is 6.79. The molecule has 0 bridgehead atoms. The van der Waals surface area contributed by atoms with E-state index in [1.165, 1.54) is 0 Å². The monoisotopic (exact) mass is 330 g/mol. The fourth-order valence-corrected chi connectivity index (χ4v) is 2.92. The fraction of sp³-hybridized carbons (Fsp3) is 0.385. The molecule has 0 aliphatic carbocycles. The smallest absolute Gasteiger partial charge is 0.148 e. The van der Waals surface area contributed by atoms with Gasteiger partial charge in [0.25, 0.3) is 0 Å². The molecule has 108 valence electrons. The van der Waals surface area contributed by atoms with Crippen LogP contribution in [-0.2, 0) is 5.54 Å². The summed E-state index contributed by atoms with van der Waals surface area (Å²) >= 11 is 13.9. The van der Waals surface area contributed by atoms with Gasteiger partial charge in [0.1, 0.15) is 16.6 Å². The van der Waals surface area contributed by atoms with Gasteiger partial charge in [0.2, 0.25) is 0 Å². The lowest BCUT2D eigenvalue weighted by Gasteiger charge is -2.25. The molecule has 0 fully saturated rings. The molecule has 0 saturated heterocycles. The molecule has 0 unspecified atom stereocenters. The molecule has 2 aromatic rings. The van der Waals surface area contributed by atoms with Gasteiger partial charge >= 0.3 is 0 Å². The van der Waals surface area contributed by atoms with E-state index < -0.39 is 0 Å².